The van der Waals surface area contributed by atoms with E-state index in [9.17, 15) is 4.79 Å². The van der Waals surface area contributed by atoms with Crippen LogP contribution in [-0.4, -0.2) is 21.7 Å². The minimum atomic E-state index is -0.0946. The smallest absolute Gasteiger partial charge is 0.271 e. The molecule has 150 valence electrons. The number of amides is 1. The van der Waals surface area contributed by atoms with Crippen molar-refractivity contribution in [3.63, 3.8) is 0 Å². The van der Waals surface area contributed by atoms with E-state index in [0.717, 1.165) is 24.2 Å². The molecule has 3 aromatic rings. The minimum absolute atomic E-state index is 0.0946. The Morgan fingerprint density at radius 3 is 2.34 bits per heavy atom. The largest absolute Gasteiger partial charge is 0.471 e. The number of carbonyl (C=O) groups excluding carboxylic acids is 1. The molecule has 0 atom stereocenters. The van der Waals surface area contributed by atoms with E-state index >= 15 is 0 Å². The van der Waals surface area contributed by atoms with Crippen LogP contribution in [0.25, 0.3) is 11.1 Å². The number of ether oxygens (including phenoxy) is 1. The Labute approximate surface area is 171 Å². The van der Waals surface area contributed by atoms with E-state index in [-0.39, 0.29) is 18.7 Å². The molecule has 0 spiro atoms. The van der Waals surface area contributed by atoms with E-state index in [0.29, 0.717) is 5.69 Å². The van der Waals surface area contributed by atoms with Gasteiger partial charge in [-0.15, -0.1) is 0 Å². The summed E-state index contributed by atoms with van der Waals surface area (Å²) in [5.74, 6) is 0.674. The number of aromatic nitrogens is 2. The molecule has 1 fully saturated rings. The predicted octanol–water partition coefficient (Wildman–Crippen LogP) is 5.04. The standard InChI is InChI=1S/C24H27N3O2/c28-24(25-21-10-6-1-2-7-11-21)23-16-17-27(26-23)18-29-22-14-12-20(13-15-22)19-8-4-3-5-9-19/h3-5,8-9,12-17,21H,1-2,6-7,10-11,18H2,(H,25,28). The van der Waals surface area contributed by atoms with E-state index < -0.39 is 0 Å². The molecule has 1 aliphatic rings. The van der Waals surface area contributed by atoms with Crippen molar-refractivity contribution in [3.05, 3.63) is 72.6 Å². The lowest BCUT2D eigenvalue weighted by atomic mass is 10.1. The van der Waals surface area contributed by atoms with Crippen LogP contribution < -0.4 is 10.1 Å². The molecule has 1 amide bonds. The third-order valence-electron chi connectivity index (χ3n) is 5.39. The molecule has 0 aliphatic heterocycles. The summed E-state index contributed by atoms with van der Waals surface area (Å²) >= 11 is 0. The van der Waals surface area contributed by atoms with Crippen molar-refractivity contribution < 1.29 is 9.53 Å². The fraction of sp³-hybridized carbons (Fsp3) is 0.333. The summed E-state index contributed by atoms with van der Waals surface area (Å²) < 4.78 is 7.46. The Balaban J connectivity index is 1.30. The lowest BCUT2D eigenvalue weighted by molar-refractivity contribution is 0.0926. The number of nitrogens with one attached hydrogen (secondary N) is 1. The van der Waals surface area contributed by atoms with Gasteiger partial charge in [0.15, 0.2) is 6.73 Å². The molecule has 0 radical (unpaired) electrons. The molecule has 29 heavy (non-hydrogen) atoms. The molecule has 4 rings (SSSR count). The number of nitrogens with zero attached hydrogens (tertiary/aromatic N) is 2. The first kappa shape index (κ1) is 19.2. The molecule has 5 nitrogen and oxygen atoms in total. The van der Waals surface area contributed by atoms with Crippen LogP contribution in [0.2, 0.25) is 0 Å². The van der Waals surface area contributed by atoms with Gasteiger partial charge in [-0.1, -0.05) is 68.1 Å². The maximum absolute atomic E-state index is 12.5. The molecule has 5 heteroatoms. The summed E-state index contributed by atoms with van der Waals surface area (Å²) in [5, 5.41) is 7.49. The number of rotatable bonds is 6. The molecule has 1 aliphatic carbocycles. The number of benzene rings is 2. The van der Waals surface area contributed by atoms with Crippen LogP contribution >= 0.6 is 0 Å². The maximum Gasteiger partial charge on any atom is 0.271 e. The summed E-state index contributed by atoms with van der Waals surface area (Å²) in [7, 11) is 0. The van der Waals surface area contributed by atoms with Gasteiger partial charge in [0.05, 0.1) is 0 Å². The normalized spacial score (nSPS) is 14.9. The molecule has 1 saturated carbocycles. The predicted molar refractivity (Wildman–Crippen MR) is 114 cm³/mol. The highest BCUT2D eigenvalue weighted by Crippen LogP contribution is 2.22. The molecule has 2 aromatic carbocycles. The second kappa shape index (κ2) is 9.41. The lowest BCUT2D eigenvalue weighted by Gasteiger charge is -2.15. The molecule has 0 saturated heterocycles. The Bertz CT molecular complexity index is 911. The van der Waals surface area contributed by atoms with Crippen LogP contribution in [-0.2, 0) is 6.73 Å². The van der Waals surface area contributed by atoms with Crippen molar-refractivity contribution in [2.75, 3.05) is 0 Å². The van der Waals surface area contributed by atoms with Crippen LogP contribution in [0.5, 0.6) is 5.75 Å². The molecule has 0 bridgehead atoms. The van der Waals surface area contributed by atoms with Crippen molar-refractivity contribution >= 4 is 5.91 Å². The van der Waals surface area contributed by atoms with Gasteiger partial charge in [-0.05, 0) is 42.2 Å². The van der Waals surface area contributed by atoms with Gasteiger partial charge < -0.3 is 10.1 Å². The van der Waals surface area contributed by atoms with Gasteiger partial charge >= 0.3 is 0 Å². The summed E-state index contributed by atoms with van der Waals surface area (Å²) in [4.78, 5) is 12.5. The maximum atomic E-state index is 12.5. The highest BCUT2D eigenvalue weighted by Gasteiger charge is 2.17. The molecule has 1 heterocycles. The second-order valence-electron chi connectivity index (χ2n) is 7.57. The van der Waals surface area contributed by atoms with Gasteiger partial charge in [0.2, 0.25) is 0 Å². The molecule has 1 N–H and O–H groups in total. The van der Waals surface area contributed by atoms with E-state index in [2.05, 4.69) is 22.5 Å². The van der Waals surface area contributed by atoms with Crippen molar-refractivity contribution in [2.45, 2.75) is 51.3 Å². The van der Waals surface area contributed by atoms with Gasteiger partial charge in [0.25, 0.3) is 5.91 Å². The van der Waals surface area contributed by atoms with Crippen LogP contribution in [0.15, 0.2) is 66.9 Å². The third kappa shape index (κ3) is 5.25. The van der Waals surface area contributed by atoms with Crippen LogP contribution in [0.4, 0.5) is 0 Å². The number of hydrogen-bond donors (Lipinski definition) is 1. The quantitative estimate of drug-likeness (QED) is 0.601. The van der Waals surface area contributed by atoms with Gasteiger partial charge in [-0.2, -0.15) is 5.10 Å². The first-order chi connectivity index (χ1) is 14.3. The Morgan fingerprint density at radius 1 is 0.931 bits per heavy atom. The molecular formula is C24H27N3O2. The van der Waals surface area contributed by atoms with E-state index in [1.54, 1.807) is 16.9 Å². The van der Waals surface area contributed by atoms with E-state index in [1.807, 2.05) is 42.5 Å². The highest BCUT2D eigenvalue weighted by atomic mass is 16.5. The van der Waals surface area contributed by atoms with Crippen LogP contribution in [0.1, 0.15) is 49.0 Å². The van der Waals surface area contributed by atoms with E-state index in [4.69, 9.17) is 4.74 Å². The summed E-state index contributed by atoms with van der Waals surface area (Å²) in [6.45, 7) is 0.265. The van der Waals surface area contributed by atoms with E-state index in [1.165, 1.54) is 31.2 Å². The van der Waals surface area contributed by atoms with Gasteiger partial charge in [0.1, 0.15) is 11.4 Å². The van der Waals surface area contributed by atoms with Crippen molar-refractivity contribution in [2.24, 2.45) is 0 Å². The first-order valence-electron chi connectivity index (χ1n) is 10.4. The van der Waals surface area contributed by atoms with Crippen molar-refractivity contribution in [1.29, 1.82) is 0 Å². The fourth-order valence-electron chi connectivity index (χ4n) is 3.75. The van der Waals surface area contributed by atoms with Crippen LogP contribution in [0, 0.1) is 0 Å². The second-order valence-corrected chi connectivity index (χ2v) is 7.57. The van der Waals surface area contributed by atoms with Crippen molar-refractivity contribution in [3.8, 4) is 16.9 Å². The van der Waals surface area contributed by atoms with Gasteiger partial charge in [-0.3, -0.25) is 4.79 Å². The lowest BCUT2D eigenvalue weighted by Crippen LogP contribution is -2.34. The first-order valence-corrected chi connectivity index (χ1v) is 10.4. The zero-order valence-corrected chi connectivity index (χ0v) is 16.6. The van der Waals surface area contributed by atoms with Crippen LogP contribution in [0.3, 0.4) is 0 Å². The molecule has 0 unspecified atom stereocenters. The highest BCUT2D eigenvalue weighted by molar-refractivity contribution is 5.92. The van der Waals surface area contributed by atoms with Gasteiger partial charge in [-0.25, -0.2) is 4.68 Å². The van der Waals surface area contributed by atoms with Crippen molar-refractivity contribution in [1.82, 2.24) is 15.1 Å². The molecule has 1 aromatic heterocycles. The summed E-state index contributed by atoms with van der Waals surface area (Å²) in [6.07, 6.45) is 8.82. The number of hydrogen-bond acceptors (Lipinski definition) is 3. The topological polar surface area (TPSA) is 56.2 Å². The Morgan fingerprint density at radius 2 is 1.62 bits per heavy atom. The monoisotopic (exact) mass is 389 g/mol. The molecular weight excluding hydrogens is 362 g/mol. The average Bonchev–Trinajstić information content (AvgIpc) is 3.10. The van der Waals surface area contributed by atoms with Gasteiger partial charge in [0, 0.05) is 12.2 Å². The Hall–Kier alpha value is -3.08. The SMILES string of the molecule is O=C(NC1CCCCCC1)c1ccn(COc2ccc(-c3ccccc3)cc2)n1. The third-order valence-corrected chi connectivity index (χ3v) is 5.39. The zero-order valence-electron chi connectivity index (χ0n) is 16.6. The average molecular weight is 389 g/mol. The fourth-order valence-corrected chi connectivity index (χ4v) is 3.75. The summed E-state index contributed by atoms with van der Waals surface area (Å²) in [5.41, 5.74) is 2.77. The minimum Gasteiger partial charge on any atom is -0.471 e. The summed E-state index contributed by atoms with van der Waals surface area (Å²) in [6, 6.07) is 20.2. The zero-order chi connectivity index (χ0) is 19.9. The number of carbonyl (C=O) groups is 1. The Kier molecular flexibility index (Phi) is 6.25.